The van der Waals surface area contributed by atoms with E-state index in [9.17, 15) is 4.79 Å². The van der Waals surface area contributed by atoms with E-state index in [4.69, 9.17) is 14.2 Å². The monoisotopic (exact) mass is 281 g/mol. The maximum absolute atomic E-state index is 11.6. The largest absolute Gasteiger partial charge is 0.382 e. The molecule has 0 heterocycles. The van der Waals surface area contributed by atoms with Crippen LogP contribution in [0.5, 0.6) is 0 Å². The maximum Gasteiger partial charge on any atom is 0.246 e. The highest BCUT2D eigenvalue weighted by Gasteiger charge is 2.05. The van der Waals surface area contributed by atoms with Gasteiger partial charge >= 0.3 is 0 Å². The predicted molar refractivity (Wildman–Crippen MR) is 76.3 cm³/mol. The third kappa shape index (κ3) is 6.65. The van der Waals surface area contributed by atoms with Crippen LogP contribution in [-0.2, 0) is 32.2 Å². The maximum atomic E-state index is 11.6. The summed E-state index contributed by atoms with van der Waals surface area (Å²) in [5, 5.41) is 2.83. The number of nitrogens with one attached hydrogen (secondary N) is 1. The number of benzene rings is 1. The minimum atomic E-state index is -0.132. The van der Waals surface area contributed by atoms with Gasteiger partial charge in [0.05, 0.1) is 19.8 Å². The van der Waals surface area contributed by atoms with Gasteiger partial charge in [-0.15, -0.1) is 0 Å². The van der Waals surface area contributed by atoms with Crippen molar-refractivity contribution >= 4 is 5.91 Å². The second-order valence-corrected chi connectivity index (χ2v) is 4.23. The minimum absolute atomic E-state index is 0.0526. The molecule has 20 heavy (non-hydrogen) atoms. The molecule has 112 valence electrons. The van der Waals surface area contributed by atoms with E-state index in [2.05, 4.69) is 5.32 Å². The Morgan fingerprint density at radius 3 is 2.60 bits per heavy atom. The van der Waals surface area contributed by atoms with Crippen molar-refractivity contribution < 1.29 is 19.0 Å². The van der Waals surface area contributed by atoms with E-state index in [-0.39, 0.29) is 12.5 Å². The average molecular weight is 281 g/mol. The second-order valence-electron chi connectivity index (χ2n) is 4.23. The Bertz CT molecular complexity index is 395. The van der Waals surface area contributed by atoms with E-state index in [1.54, 1.807) is 7.11 Å². The van der Waals surface area contributed by atoms with Crippen LogP contribution in [0.15, 0.2) is 24.3 Å². The molecule has 0 fully saturated rings. The molecule has 0 aliphatic heterocycles. The smallest absolute Gasteiger partial charge is 0.246 e. The van der Waals surface area contributed by atoms with Gasteiger partial charge in [-0.1, -0.05) is 24.3 Å². The standard InChI is InChI=1S/C15H23NO4/c1-3-19-11-14-7-5-4-6-13(14)10-16-15(17)12-20-9-8-18-2/h4-7H,3,8-12H2,1-2H3,(H,16,17). The summed E-state index contributed by atoms with van der Waals surface area (Å²) in [7, 11) is 1.60. The molecule has 0 bridgehead atoms. The normalized spacial score (nSPS) is 10.5. The second kappa shape index (κ2) is 10.4. The van der Waals surface area contributed by atoms with E-state index in [0.29, 0.717) is 33.0 Å². The van der Waals surface area contributed by atoms with Gasteiger partial charge in [0.2, 0.25) is 5.91 Å². The highest BCUT2D eigenvalue weighted by Crippen LogP contribution is 2.09. The van der Waals surface area contributed by atoms with Gasteiger partial charge < -0.3 is 19.5 Å². The van der Waals surface area contributed by atoms with E-state index in [1.807, 2.05) is 31.2 Å². The zero-order valence-corrected chi connectivity index (χ0v) is 12.2. The lowest BCUT2D eigenvalue weighted by atomic mass is 10.1. The summed E-state index contributed by atoms with van der Waals surface area (Å²) >= 11 is 0. The number of amides is 1. The molecule has 1 aromatic carbocycles. The van der Waals surface area contributed by atoms with E-state index >= 15 is 0 Å². The molecular weight excluding hydrogens is 258 g/mol. The van der Waals surface area contributed by atoms with Crippen LogP contribution in [-0.4, -0.2) is 39.4 Å². The Morgan fingerprint density at radius 2 is 1.90 bits per heavy atom. The fourth-order valence-electron chi connectivity index (χ4n) is 1.63. The van der Waals surface area contributed by atoms with Gasteiger partial charge in [-0.2, -0.15) is 0 Å². The van der Waals surface area contributed by atoms with Crippen LogP contribution in [0.1, 0.15) is 18.1 Å². The van der Waals surface area contributed by atoms with Crippen molar-refractivity contribution in [2.24, 2.45) is 0 Å². The number of carbonyl (C=O) groups is 1. The van der Waals surface area contributed by atoms with Gasteiger partial charge in [-0.3, -0.25) is 4.79 Å². The zero-order valence-electron chi connectivity index (χ0n) is 12.2. The van der Waals surface area contributed by atoms with Crippen molar-refractivity contribution in [3.05, 3.63) is 35.4 Å². The van der Waals surface area contributed by atoms with Crippen molar-refractivity contribution in [1.29, 1.82) is 0 Å². The molecule has 0 unspecified atom stereocenters. The number of hydrogen-bond acceptors (Lipinski definition) is 4. The van der Waals surface area contributed by atoms with Gasteiger partial charge in [0.15, 0.2) is 0 Å². The number of hydrogen-bond donors (Lipinski definition) is 1. The van der Waals surface area contributed by atoms with Crippen LogP contribution >= 0.6 is 0 Å². The van der Waals surface area contributed by atoms with Crippen molar-refractivity contribution in [2.45, 2.75) is 20.1 Å². The number of rotatable bonds is 10. The molecule has 0 radical (unpaired) electrons. The molecule has 1 N–H and O–H groups in total. The van der Waals surface area contributed by atoms with E-state index in [0.717, 1.165) is 11.1 Å². The Balaban J connectivity index is 2.35. The lowest BCUT2D eigenvalue weighted by Gasteiger charge is -2.11. The molecule has 1 amide bonds. The Kier molecular flexibility index (Phi) is 8.62. The van der Waals surface area contributed by atoms with Crippen molar-refractivity contribution in [1.82, 2.24) is 5.32 Å². The predicted octanol–water partition coefficient (Wildman–Crippen LogP) is 1.50. The first-order valence-electron chi connectivity index (χ1n) is 6.75. The third-order valence-electron chi connectivity index (χ3n) is 2.72. The molecule has 5 heteroatoms. The number of methoxy groups -OCH3 is 1. The van der Waals surface area contributed by atoms with Crippen LogP contribution in [0.4, 0.5) is 0 Å². The van der Waals surface area contributed by atoms with Crippen molar-refractivity contribution in [3.63, 3.8) is 0 Å². The summed E-state index contributed by atoms with van der Waals surface area (Å²) in [6.07, 6.45) is 0. The lowest BCUT2D eigenvalue weighted by molar-refractivity contribution is -0.126. The summed E-state index contributed by atoms with van der Waals surface area (Å²) < 4.78 is 15.4. The quantitative estimate of drug-likeness (QED) is 0.660. The molecule has 0 aliphatic carbocycles. The van der Waals surface area contributed by atoms with E-state index in [1.165, 1.54) is 0 Å². The third-order valence-corrected chi connectivity index (χ3v) is 2.72. The minimum Gasteiger partial charge on any atom is -0.382 e. The average Bonchev–Trinajstić information content (AvgIpc) is 2.48. The first kappa shape index (κ1) is 16.6. The lowest BCUT2D eigenvalue weighted by Crippen LogP contribution is -2.28. The summed E-state index contributed by atoms with van der Waals surface area (Å²) in [5.41, 5.74) is 2.15. The molecule has 0 spiro atoms. The molecule has 1 rings (SSSR count). The number of ether oxygens (including phenoxy) is 3. The SMILES string of the molecule is CCOCc1ccccc1CNC(=O)COCCOC. The van der Waals surface area contributed by atoms with Gasteiger partial charge in [-0.25, -0.2) is 0 Å². The topological polar surface area (TPSA) is 56.8 Å². The number of carbonyl (C=O) groups excluding carboxylic acids is 1. The van der Waals surface area contributed by atoms with Crippen LogP contribution in [0.3, 0.4) is 0 Å². The molecule has 0 aliphatic rings. The molecule has 0 atom stereocenters. The fourth-order valence-corrected chi connectivity index (χ4v) is 1.63. The zero-order chi connectivity index (χ0) is 14.6. The highest BCUT2D eigenvalue weighted by molar-refractivity contribution is 5.77. The summed E-state index contributed by atoms with van der Waals surface area (Å²) in [5.74, 6) is -0.132. The summed E-state index contributed by atoms with van der Waals surface area (Å²) in [6.45, 7) is 4.64. The van der Waals surface area contributed by atoms with Crippen LogP contribution in [0.25, 0.3) is 0 Å². The van der Waals surface area contributed by atoms with Crippen molar-refractivity contribution in [2.75, 3.05) is 33.5 Å². The fraction of sp³-hybridized carbons (Fsp3) is 0.533. The van der Waals surface area contributed by atoms with Gasteiger partial charge in [0, 0.05) is 20.3 Å². The Labute approximate surface area is 120 Å². The molecule has 0 saturated carbocycles. The van der Waals surface area contributed by atoms with Crippen molar-refractivity contribution in [3.8, 4) is 0 Å². The van der Waals surface area contributed by atoms with Gasteiger partial charge in [0.25, 0.3) is 0 Å². The van der Waals surface area contributed by atoms with Crippen LogP contribution in [0, 0.1) is 0 Å². The highest BCUT2D eigenvalue weighted by atomic mass is 16.5. The van der Waals surface area contributed by atoms with Gasteiger partial charge in [-0.05, 0) is 18.1 Å². The molecule has 0 aromatic heterocycles. The summed E-state index contributed by atoms with van der Waals surface area (Å²) in [4.78, 5) is 11.6. The Hall–Kier alpha value is -1.43. The van der Waals surface area contributed by atoms with Crippen LogP contribution < -0.4 is 5.32 Å². The van der Waals surface area contributed by atoms with E-state index < -0.39 is 0 Å². The molecule has 1 aromatic rings. The van der Waals surface area contributed by atoms with Crippen LogP contribution in [0.2, 0.25) is 0 Å². The first-order chi connectivity index (χ1) is 9.77. The Morgan fingerprint density at radius 1 is 1.15 bits per heavy atom. The molecule has 5 nitrogen and oxygen atoms in total. The summed E-state index contributed by atoms with van der Waals surface area (Å²) in [6, 6.07) is 7.91. The molecule has 0 saturated heterocycles. The molecular formula is C15H23NO4. The first-order valence-corrected chi connectivity index (χ1v) is 6.75. The van der Waals surface area contributed by atoms with Gasteiger partial charge in [0.1, 0.15) is 6.61 Å².